The van der Waals surface area contributed by atoms with Gasteiger partial charge in [-0.3, -0.25) is 4.79 Å². The maximum absolute atomic E-state index is 12.2. The molecule has 0 fully saturated rings. The van der Waals surface area contributed by atoms with Crippen LogP contribution in [0.25, 0.3) is 5.82 Å². The average Bonchev–Trinajstić information content (AvgIpc) is 3.12. The van der Waals surface area contributed by atoms with Crippen LogP contribution >= 0.6 is 23.2 Å². The van der Waals surface area contributed by atoms with Crippen molar-refractivity contribution in [1.29, 1.82) is 0 Å². The van der Waals surface area contributed by atoms with Crippen LogP contribution in [0, 0.1) is 0 Å². The van der Waals surface area contributed by atoms with Crippen molar-refractivity contribution in [3.05, 3.63) is 69.6 Å². The Kier molecular flexibility index (Phi) is 4.53. The average molecular weight is 389 g/mol. The number of rotatable bonds is 3. The van der Waals surface area contributed by atoms with Gasteiger partial charge >= 0.3 is 0 Å². The molecular weight excluding hydrogens is 375 g/mol. The number of benzene rings is 1. The molecule has 3 aromatic rings. The molecule has 4 rings (SSSR count). The van der Waals surface area contributed by atoms with Gasteiger partial charge in [-0.2, -0.15) is 5.10 Å². The molecule has 1 aliphatic heterocycles. The van der Waals surface area contributed by atoms with Gasteiger partial charge in [-0.1, -0.05) is 29.3 Å². The fraction of sp³-hybridized carbons (Fsp3) is 0.167. The fourth-order valence-electron chi connectivity index (χ4n) is 2.79. The Morgan fingerprint density at radius 2 is 2.15 bits per heavy atom. The van der Waals surface area contributed by atoms with Crippen LogP contribution in [0.2, 0.25) is 10.0 Å². The molecule has 2 aromatic heterocycles. The SMILES string of the molecule is O=C1NCCOc2c1cc(Cc1ccc(-n3cccn3)nc1)c(Cl)c2Cl. The molecular formula is C18H14Cl2N4O2. The number of hydrogen-bond donors (Lipinski definition) is 1. The van der Waals surface area contributed by atoms with Gasteiger partial charge in [-0.05, 0) is 29.3 Å². The highest BCUT2D eigenvalue weighted by Crippen LogP contribution is 2.39. The third-order valence-electron chi connectivity index (χ3n) is 4.06. The summed E-state index contributed by atoms with van der Waals surface area (Å²) in [5.74, 6) is 0.838. The molecule has 132 valence electrons. The predicted molar refractivity (Wildman–Crippen MR) is 98.5 cm³/mol. The zero-order valence-corrected chi connectivity index (χ0v) is 15.1. The Balaban J connectivity index is 1.66. The Morgan fingerprint density at radius 1 is 1.27 bits per heavy atom. The van der Waals surface area contributed by atoms with Crippen LogP contribution in [0.15, 0.2) is 42.9 Å². The third-order valence-corrected chi connectivity index (χ3v) is 4.95. The number of nitrogens with zero attached hydrogens (tertiary/aromatic N) is 3. The van der Waals surface area contributed by atoms with E-state index in [1.165, 1.54) is 0 Å². The highest BCUT2D eigenvalue weighted by Gasteiger charge is 2.23. The van der Waals surface area contributed by atoms with E-state index < -0.39 is 0 Å². The molecule has 0 aliphatic carbocycles. The smallest absolute Gasteiger partial charge is 0.255 e. The Morgan fingerprint density at radius 3 is 2.88 bits per heavy atom. The van der Waals surface area contributed by atoms with Crippen LogP contribution in [0.1, 0.15) is 21.5 Å². The van der Waals surface area contributed by atoms with Crippen LogP contribution in [-0.2, 0) is 6.42 Å². The van der Waals surface area contributed by atoms with Gasteiger partial charge in [-0.15, -0.1) is 0 Å². The van der Waals surface area contributed by atoms with Gasteiger partial charge < -0.3 is 10.1 Å². The minimum absolute atomic E-state index is 0.218. The van der Waals surface area contributed by atoms with Crippen LogP contribution in [0.5, 0.6) is 5.75 Å². The van der Waals surface area contributed by atoms with Crippen molar-refractivity contribution in [1.82, 2.24) is 20.1 Å². The maximum atomic E-state index is 12.2. The summed E-state index contributed by atoms with van der Waals surface area (Å²) < 4.78 is 7.25. The van der Waals surface area contributed by atoms with E-state index in [-0.39, 0.29) is 10.9 Å². The first kappa shape index (κ1) is 16.9. The van der Waals surface area contributed by atoms with Crippen molar-refractivity contribution in [3.8, 4) is 11.6 Å². The number of aromatic nitrogens is 3. The molecule has 0 bridgehead atoms. The monoisotopic (exact) mass is 388 g/mol. The van der Waals surface area contributed by atoms with Crippen molar-refractivity contribution in [2.24, 2.45) is 0 Å². The number of halogens is 2. The van der Waals surface area contributed by atoms with Crippen LogP contribution < -0.4 is 10.1 Å². The molecule has 0 atom stereocenters. The van der Waals surface area contributed by atoms with Gasteiger partial charge in [-0.25, -0.2) is 9.67 Å². The summed E-state index contributed by atoms with van der Waals surface area (Å²) in [5.41, 5.74) is 2.08. The summed E-state index contributed by atoms with van der Waals surface area (Å²) in [4.78, 5) is 16.6. The second-order valence-electron chi connectivity index (χ2n) is 5.80. The van der Waals surface area contributed by atoms with Gasteiger partial charge in [0, 0.05) is 25.0 Å². The number of carbonyl (C=O) groups is 1. The summed E-state index contributed by atoms with van der Waals surface area (Å²) in [6.45, 7) is 0.780. The van der Waals surface area contributed by atoms with Crippen molar-refractivity contribution in [2.45, 2.75) is 6.42 Å². The molecule has 1 N–H and O–H groups in total. The molecule has 8 heteroatoms. The second kappa shape index (κ2) is 6.97. The summed E-state index contributed by atoms with van der Waals surface area (Å²) in [7, 11) is 0. The molecule has 0 unspecified atom stereocenters. The fourth-order valence-corrected chi connectivity index (χ4v) is 3.28. The Bertz CT molecular complexity index is 956. The molecule has 0 saturated carbocycles. The van der Waals surface area contributed by atoms with Crippen molar-refractivity contribution >= 4 is 29.1 Å². The highest BCUT2D eigenvalue weighted by atomic mass is 35.5. The number of carbonyl (C=O) groups excluding carboxylic acids is 1. The van der Waals surface area contributed by atoms with Gasteiger partial charge in [0.05, 0.1) is 17.1 Å². The molecule has 0 saturated heterocycles. The lowest BCUT2D eigenvalue weighted by molar-refractivity contribution is 0.0957. The summed E-state index contributed by atoms with van der Waals surface area (Å²) >= 11 is 12.8. The van der Waals surface area contributed by atoms with Gasteiger partial charge in [0.25, 0.3) is 5.91 Å². The summed E-state index contributed by atoms with van der Waals surface area (Å²) in [6, 6.07) is 7.37. The second-order valence-corrected chi connectivity index (χ2v) is 6.55. The lowest BCUT2D eigenvalue weighted by Gasteiger charge is -2.13. The van der Waals surface area contributed by atoms with Gasteiger partial charge in [0.2, 0.25) is 0 Å². The normalized spacial score (nSPS) is 13.5. The molecule has 26 heavy (non-hydrogen) atoms. The van der Waals surface area contributed by atoms with Crippen molar-refractivity contribution in [2.75, 3.05) is 13.2 Å². The lowest BCUT2D eigenvalue weighted by Crippen LogP contribution is -2.24. The van der Waals surface area contributed by atoms with Gasteiger partial charge in [0.15, 0.2) is 11.6 Å². The Hall–Kier alpha value is -2.57. The number of pyridine rings is 1. The quantitative estimate of drug-likeness (QED) is 0.747. The molecule has 1 amide bonds. The number of amides is 1. The van der Waals surface area contributed by atoms with E-state index in [2.05, 4.69) is 15.4 Å². The van der Waals surface area contributed by atoms with E-state index in [9.17, 15) is 4.79 Å². The highest BCUT2D eigenvalue weighted by molar-refractivity contribution is 6.44. The van der Waals surface area contributed by atoms with Gasteiger partial charge in [0.1, 0.15) is 11.6 Å². The number of nitrogens with one attached hydrogen (secondary N) is 1. The van der Waals surface area contributed by atoms with E-state index in [0.29, 0.717) is 35.9 Å². The van der Waals surface area contributed by atoms with Crippen LogP contribution in [0.4, 0.5) is 0 Å². The van der Waals surface area contributed by atoms with E-state index in [4.69, 9.17) is 27.9 Å². The first-order valence-electron chi connectivity index (χ1n) is 8.00. The summed E-state index contributed by atoms with van der Waals surface area (Å²) in [5, 5.41) is 7.57. The zero-order valence-electron chi connectivity index (χ0n) is 13.6. The molecule has 3 heterocycles. The lowest BCUT2D eigenvalue weighted by atomic mass is 10.0. The number of ether oxygens (including phenoxy) is 1. The standard InChI is InChI=1S/C18H14Cl2N4O2/c19-15-12(9-13-17(16(15)20)26-7-5-21-18(13)25)8-11-2-3-14(22-10-11)24-6-1-4-23-24/h1-4,6,9-10H,5,7-8H2,(H,21,25). The molecule has 6 nitrogen and oxygen atoms in total. The third kappa shape index (κ3) is 3.13. The number of fused-ring (bicyclic) bond motifs is 1. The first-order valence-corrected chi connectivity index (χ1v) is 8.76. The molecule has 0 radical (unpaired) electrons. The zero-order chi connectivity index (χ0) is 18.1. The van der Waals surface area contributed by atoms with E-state index in [0.717, 1.165) is 16.9 Å². The predicted octanol–water partition coefficient (Wildman–Crippen LogP) is 3.29. The molecule has 1 aliphatic rings. The minimum Gasteiger partial charge on any atom is -0.489 e. The molecule has 1 aromatic carbocycles. The van der Waals surface area contributed by atoms with E-state index in [1.54, 1.807) is 23.1 Å². The molecule has 0 spiro atoms. The summed E-state index contributed by atoms with van der Waals surface area (Å²) in [6.07, 6.45) is 5.76. The Labute approximate surface area is 159 Å². The van der Waals surface area contributed by atoms with Crippen molar-refractivity contribution in [3.63, 3.8) is 0 Å². The largest absolute Gasteiger partial charge is 0.489 e. The van der Waals surface area contributed by atoms with Crippen LogP contribution in [0.3, 0.4) is 0 Å². The topological polar surface area (TPSA) is 69.0 Å². The number of hydrogen-bond acceptors (Lipinski definition) is 4. The van der Waals surface area contributed by atoms with E-state index in [1.807, 2.05) is 24.4 Å². The van der Waals surface area contributed by atoms with Crippen molar-refractivity contribution < 1.29 is 9.53 Å². The van der Waals surface area contributed by atoms with E-state index >= 15 is 0 Å². The minimum atomic E-state index is -0.218. The first-order chi connectivity index (χ1) is 12.6. The maximum Gasteiger partial charge on any atom is 0.255 e. The van der Waals surface area contributed by atoms with Crippen LogP contribution in [-0.4, -0.2) is 33.8 Å².